The maximum Gasteiger partial charge on any atom is 0.131 e. The van der Waals surface area contributed by atoms with Crippen LogP contribution < -0.4 is 10.2 Å². The summed E-state index contributed by atoms with van der Waals surface area (Å²) in [6.45, 7) is 8.64. The second-order valence-corrected chi connectivity index (χ2v) is 6.37. The van der Waals surface area contributed by atoms with Crippen molar-refractivity contribution in [2.24, 2.45) is 0 Å². The van der Waals surface area contributed by atoms with Crippen LogP contribution in [0.4, 0.5) is 5.69 Å². The molecule has 0 spiro atoms. The molecule has 110 valence electrons. The Bertz CT molecular complexity index is 446. The molecule has 1 saturated heterocycles. The van der Waals surface area contributed by atoms with Crippen molar-refractivity contribution in [3.8, 4) is 0 Å². The second-order valence-electron chi connectivity index (χ2n) is 6.37. The van der Waals surface area contributed by atoms with Gasteiger partial charge in [0.05, 0.1) is 17.6 Å². The topological polar surface area (TPSA) is 41.1 Å². The number of nitrogens with one attached hydrogen (secondary N) is 1. The van der Waals surface area contributed by atoms with Crippen molar-refractivity contribution in [2.75, 3.05) is 31.1 Å². The summed E-state index contributed by atoms with van der Waals surface area (Å²) in [4.78, 5) is 12.0. The van der Waals surface area contributed by atoms with Crippen LogP contribution in [0.1, 0.15) is 62.9 Å². The lowest BCUT2D eigenvalue weighted by Gasteiger charge is -2.31. The van der Waals surface area contributed by atoms with Gasteiger partial charge in [0.15, 0.2) is 0 Å². The Morgan fingerprint density at radius 2 is 1.90 bits per heavy atom. The number of rotatable bonds is 3. The highest BCUT2D eigenvalue weighted by atomic mass is 15.2. The lowest BCUT2D eigenvalue weighted by Crippen LogP contribution is -2.44. The first-order valence-electron chi connectivity index (χ1n) is 8.08. The largest absolute Gasteiger partial charge is 0.366 e. The minimum atomic E-state index is 0.409. The van der Waals surface area contributed by atoms with Crippen LogP contribution >= 0.6 is 0 Å². The van der Waals surface area contributed by atoms with E-state index in [0.717, 1.165) is 32.0 Å². The van der Waals surface area contributed by atoms with Crippen LogP contribution in [0.25, 0.3) is 0 Å². The maximum absolute atomic E-state index is 4.96. The molecule has 1 aliphatic carbocycles. The quantitative estimate of drug-likeness (QED) is 0.920. The third-order valence-electron chi connectivity index (χ3n) is 4.53. The van der Waals surface area contributed by atoms with E-state index in [0.29, 0.717) is 11.8 Å². The van der Waals surface area contributed by atoms with Crippen LogP contribution in [-0.4, -0.2) is 36.1 Å². The molecule has 1 N–H and O–H groups in total. The highest BCUT2D eigenvalue weighted by Gasteiger charge is 2.25. The van der Waals surface area contributed by atoms with Crippen molar-refractivity contribution in [3.63, 3.8) is 0 Å². The molecular formula is C16H26N4. The zero-order valence-corrected chi connectivity index (χ0v) is 12.7. The van der Waals surface area contributed by atoms with Gasteiger partial charge in [0.25, 0.3) is 0 Å². The fourth-order valence-corrected chi connectivity index (χ4v) is 3.33. The monoisotopic (exact) mass is 274 g/mol. The van der Waals surface area contributed by atoms with E-state index in [1.807, 2.05) is 0 Å². The van der Waals surface area contributed by atoms with E-state index < -0.39 is 0 Å². The second kappa shape index (κ2) is 6.08. The molecule has 2 heterocycles. The van der Waals surface area contributed by atoms with Crippen molar-refractivity contribution < 1.29 is 0 Å². The fourth-order valence-electron chi connectivity index (χ4n) is 3.33. The van der Waals surface area contributed by atoms with E-state index in [9.17, 15) is 0 Å². The van der Waals surface area contributed by atoms with E-state index in [4.69, 9.17) is 4.98 Å². The summed E-state index contributed by atoms with van der Waals surface area (Å²) in [5, 5.41) is 3.42. The molecule has 0 amide bonds. The van der Waals surface area contributed by atoms with Crippen molar-refractivity contribution >= 4 is 5.69 Å². The Hall–Kier alpha value is -1.16. The van der Waals surface area contributed by atoms with E-state index in [2.05, 4.69) is 35.2 Å². The highest BCUT2D eigenvalue weighted by molar-refractivity contribution is 5.51. The van der Waals surface area contributed by atoms with E-state index in [1.165, 1.54) is 37.1 Å². The third-order valence-corrected chi connectivity index (χ3v) is 4.53. The van der Waals surface area contributed by atoms with E-state index in [-0.39, 0.29) is 0 Å². The van der Waals surface area contributed by atoms with Crippen LogP contribution in [-0.2, 0) is 0 Å². The molecule has 20 heavy (non-hydrogen) atoms. The van der Waals surface area contributed by atoms with Gasteiger partial charge >= 0.3 is 0 Å². The van der Waals surface area contributed by atoms with Gasteiger partial charge in [0.1, 0.15) is 5.82 Å². The lowest BCUT2D eigenvalue weighted by atomic mass is 10.0. The summed E-state index contributed by atoms with van der Waals surface area (Å²) in [6, 6.07) is 0. The molecule has 0 aromatic carbocycles. The minimum absolute atomic E-state index is 0.409. The third kappa shape index (κ3) is 2.80. The molecular weight excluding hydrogens is 248 g/mol. The predicted octanol–water partition coefficient (Wildman–Crippen LogP) is 2.67. The summed E-state index contributed by atoms with van der Waals surface area (Å²) in [7, 11) is 0. The van der Waals surface area contributed by atoms with Gasteiger partial charge in [0.2, 0.25) is 0 Å². The first-order chi connectivity index (χ1) is 9.75. The van der Waals surface area contributed by atoms with Gasteiger partial charge in [-0.2, -0.15) is 0 Å². The molecule has 2 aliphatic rings. The van der Waals surface area contributed by atoms with Gasteiger partial charge in [-0.25, -0.2) is 9.97 Å². The molecule has 0 bridgehead atoms. The number of aromatic nitrogens is 2. The number of hydrogen-bond acceptors (Lipinski definition) is 4. The molecule has 4 nitrogen and oxygen atoms in total. The average molecular weight is 274 g/mol. The van der Waals surface area contributed by atoms with Crippen molar-refractivity contribution in [1.82, 2.24) is 15.3 Å². The minimum Gasteiger partial charge on any atom is -0.366 e. The normalized spacial score (nSPS) is 20.9. The van der Waals surface area contributed by atoms with Crippen LogP contribution in [0.2, 0.25) is 0 Å². The molecule has 0 unspecified atom stereocenters. The van der Waals surface area contributed by atoms with Crippen molar-refractivity contribution in [1.29, 1.82) is 0 Å². The number of hydrogen-bond donors (Lipinski definition) is 1. The standard InChI is InChI=1S/C16H26N4/c1-12(2)16-18-11-14(20-9-7-17-8-10-20)15(19-16)13-5-3-4-6-13/h11-13,17H,3-10H2,1-2H3. The van der Waals surface area contributed by atoms with Crippen LogP contribution in [0, 0.1) is 0 Å². The van der Waals surface area contributed by atoms with Crippen molar-refractivity contribution in [2.45, 2.75) is 51.4 Å². The lowest BCUT2D eigenvalue weighted by molar-refractivity contribution is 0.578. The molecule has 1 aliphatic heterocycles. The first-order valence-corrected chi connectivity index (χ1v) is 8.08. The zero-order chi connectivity index (χ0) is 13.9. The first kappa shape index (κ1) is 13.8. The van der Waals surface area contributed by atoms with Crippen LogP contribution in [0.3, 0.4) is 0 Å². The fraction of sp³-hybridized carbons (Fsp3) is 0.750. The Balaban J connectivity index is 1.94. The Kier molecular flexibility index (Phi) is 4.20. The van der Waals surface area contributed by atoms with Crippen LogP contribution in [0.15, 0.2) is 6.20 Å². The molecule has 1 aromatic heterocycles. The summed E-state index contributed by atoms with van der Waals surface area (Å²) < 4.78 is 0. The molecule has 1 saturated carbocycles. The summed E-state index contributed by atoms with van der Waals surface area (Å²) >= 11 is 0. The average Bonchev–Trinajstić information content (AvgIpc) is 3.01. The van der Waals surface area contributed by atoms with Gasteiger partial charge in [-0.1, -0.05) is 26.7 Å². The molecule has 0 radical (unpaired) electrons. The van der Waals surface area contributed by atoms with E-state index >= 15 is 0 Å². The smallest absolute Gasteiger partial charge is 0.131 e. The summed E-state index contributed by atoms with van der Waals surface area (Å²) in [6.07, 6.45) is 7.39. The Labute approximate surface area is 122 Å². The van der Waals surface area contributed by atoms with Gasteiger partial charge < -0.3 is 10.2 Å². The number of nitrogens with zero attached hydrogens (tertiary/aromatic N) is 3. The predicted molar refractivity (Wildman–Crippen MR) is 82.4 cm³/mol. The van der Waals surface area contributed by atoms with Gasteiger partial charge in [-0.15, -0.1) is 0 Å². The number of anilines is 1. The highest BCUT2D eigenvalue weighted by Crippen LogP contribution is 2.38. The maximum atomic E-state index is 4.96. The zero-order valence-electron chi connectivity index (χ0n) is 12.7. The van der Waals surface area contributed by atoms with Crippen molar-refractivity contribution in [3.05, 3.63) is 17.7 Å². The molecule has 4 heteroatoms. The van der Waals surface area contributed by atoms with E-state index in [1.54, 1.807) is 0 Å². The molecule has 3 rings (SSSR count). The molecule has 0 atom stereocenters. The Morgan fingerprint density at radius 3 is 2.55 bits per heavy atom. The van der Waals surface area contributed by atoms with Gasteiger partial charge in [0, 0.05) is 38.0 Å². The van der Waals surface area contributed by atoms with Gasteiger partial charge in [-0.3, -0.25) is 0 Å². The number of piperazine rings is 1. The SMILES string of the molecule is CC(C)c1ncc(N2CCNCC2)c(C2CCCC2)n1. The summed E-state index contributed by atoms with van der Waals surface area (Å²) in [5.41, 5.74) is 2.62. The molecule has 1 aromatic rings. The summed E-state index contributed by atoms with van der Waals surface area (Å²) in [5.74, 6) is 2.07. The Morgan fingerprint density at radius 1 is 1.20 bits per heavy atom. The van der Waals surface area contributed by atoms with Crippen LogP contribution in [0.5, 0.6) is 0 Å². The molecule has 2 fully saturated rings. The van der Waals surface area contributed by atoms with Gasteiger partial charge in [-0.05, 0) is 12.8 Å².